The average Bonchev–Trinajstić information content (AvgIpc) is 2.08. The van der Waals surface area contributed by atoms with Crippen LogP contribution in [0, 0.1) is 0 Å². The van der Waals surface area contributed by atoms with Crippen LogP contribution in [0.15, 0.2) is 0 Å². The molecule has 0 saturated carbocycles. The van der Waals surface area contributed by atoms with Crippen molar-refractivity contribution in [1.29, 1.82) is 0 Å². The summed E-state index contributed by atoms with van der Waals surface area (Å²) in [6.07, 6.45) is -5.00. The van der Waals surface area contributed by atoms with Crippen LogP contribution in [0.2, 0.25) is 12.6 Å². The predicted octanol–water partition coefficient (Wildman–Crippen LogP) is -0.913. The van der Waals surface area contributed by atoms with Crippen molar-refractivity contribution in [3.8, 4) is 0 Å². The molecule has 1 rings (SSSR count). The molecule has 1 aliphatic heterocycles. The largest absolute Gasteiger partial charge is 0.425 e. The molecule has 0 N–H and O–H groups in total. The molecule has 0 aromatic heterocycles. The van der Waals surface area contributed by atoms with Gasteiger partial charge in [-0.1, -0.05) is 0 Å². The molecule has 0 amide bonds. The maximum Gasteiger partial charge on any atom is 0.389 e. The van der Waals surface area contributed by atoms with Gasteiger partial charge in [0.2, 0.25) is 0 Å². The number of hydrogen-bond donors (Lipinski definition) is 0. The van der Waals surface area contributed by atoms with E-state index in [9.17, 15) is 13.2 Å². The summed E-state index contributed by atoms with van der Waals surface area (Å²) < 4.78 is 57.2. The van der Waals surface area contributed by atoms with Gasteiger partial charge < -0.3 is 16.5 Å². The number of rotatable bonds is 2. The minimum absolute atomic E-state index is 0.0647. The Morgan fingerprint density at radius 2 is 1.60 bits per heavy atom. The fourth-order valence-electron chi connectivity index (χ4n) is 1.01. The topological polar surface area (TPSA) is 36.9 Å². The lowest BCUT2D eigenvalue weighted by Crippen LogP contribution is -2.45. The van der Waals surface area contributed by atoms with Gasteiger partial charge in [0.05, 0.1) is 0 Å². The quantitative estimate of drug-likeness (QED) is 0.618. The molecule has 0 aromatic rings. The molecule has 1 heterocycles. The van der Waals surface area contributed by atoms with E-state index in [1.54, 1.807) is 6.55 Å². The summed E-state index contributed by atoms with van der Waals surface area (Å²) in [5.41, 5.74) is 0. The van der Waals surface area contributed by atoms with Crippen LogP contribution in [0.3, 0.4) is 0 Å². The number of halogens is 3. The Labute approximate surface area is 93.9 Å². The van der Waals surface area contributed by atoms with Crippen LogP contribution in [-0.4, -0.2) is 44.8 Å². The van der Waals surface area contributed by atoms with Gasteiger partial charge in [-0.05, 0) is 12.6 Å². The molecule has 0 atom stereocenters. The van der Waals surface area contributed by atoms with E-state index in [4.69, 9.17) is 16.5 Å². The third-order valence-electron chi connectivity index (χ3n) is 1.92. The van der Waals surface area contributed by atoms with Crippen LogP contribution in [0.4, 0.5) is 13.2 Å². The fourth-order valence-corrected chi connectivity index (χ4v) is 10.2. The van der Waals surface area contributed by atoms with E-state index in [-0.39, 0.29) is 6.04 Å². The Kier molecular flexibility index (Phi) is 5.17. The van der Waals surface area contributed by atoms with Gasteiger partial charge in [0.25, 0.3) is 30.0 Å². The predicted molar refractivity (Wildman–Crippen MR) is 57.1 cm³/mol. The summed E-state index contributed by atoms with van der Waals surface area (Å²) in [6.45, 7) is 1.65. The van der Waals surface area contributed by atoms with Gasteiger partial charge >= 0.3 is 14.7 Å². The van der Waals surface area contributed by atoms with Crippen molar-refractivity contribution < 1.29 is 29.6 Å². The lowest BCUT2D eigenvalue weighted by Gasteiger charge is -2.29. The maximum absolute atomic E-state index is 12.0. The molecule has 11 heteroatoms. The van der Waals surface area contributed by atoms with Crippen molar-refractivity contribution in [2.45, 2.75) is 25.2 Å². The second-order valence-electron chi connectivity index (χ2n) is 3.30. The van der Waals surface area contributed by atoms with Crippen molar-refractivity contribution in [1.82, 2.24) is 0 Å². The van der Waals surface area contributed by atoms with Gasteiger partial charge in [-0.3, -0.25) is 0 Å². The van der Waals surface area contributed by atoms with Gasteiger partial charge in [-0.2, -0.15) is 13.2 Å². The molecular weight excluding hydrogens is 281 g/mol. The van der Waals surface area contributed by atoms with Crippen LogP contribution in [0.25, 0.3) is 0 Å². The Balaban J connectivity index is 2.40. The van der Waals surface area contributed by atoms with E-state index in [1.807, 2.05) is 0 Å². The number of alkyl halides is 3. The molecule has 4 nitrogen and oxygen atoms in total. The molecule has 1 saturated heterocycles. The first kappa shape index (κ1) is 13.6. The third-order valence-corrected chi connectivity index (χ3v) is 11.6. The normalized spacial score (nSPS) is 34.4. The zero-order valence-electron chi connectivity index (χ0n) is 8.30. The van der Waals surface area contributed by atoms with Gasteiger partial charge in [0, 0.05) is 6.42 Å². The Hall–Kier alpha value is 0.498. The highest BCUT2D eigenvalue weighted by atomic mass is 28.5. The minimum atomic E-state index is -4.15. The standard InChI is InChI=1S/C4H13F3O4Si4/c1-15(3-2-4(5,6)7)10-13-8-12-9-14-11-15/h2-3,12-14H2,1H3. The second kappa shape index (κ2) is 5.72. The Morgan fingerprint density at radius 3 is 2.07 bits per heavy atom. The van der Waals surface area contributed by atoms with Crippen LogP contribution >= 0.6 is 0 Å². The first-order chi connectivity index (χ1) is 6.91. The maximum atomic E-state index is 12.0. The Bertz CT molecular complexity index is 195. The molecule has 0 spiro atoms. The molecule has 1 fully saturated rings. The third kappa shape index (κ3) is 5.96. The summed E-state index contributed by atoms with van der Waals surface area (Å²) in [7, 11) is -5.99. The highest BCUT2D eigenvalue weighted by molar-refractivity contribution is 6.74. The zero-order valence-corrected chi connectivity index (χ0v) is 13.5. The van der Waals surface area contributed by atoms with Crippen molar-refractivity contribution in [3.05, 3.63) is 0 Å². The second-order valence-corrected chi connectivity index (χ2v) is 12.3. The molecule has 0 unspecified atom stereocenters. The van der Waals surface area contributed by atoms with Gasteiger partial charge in [-0.25, -0.2) is 0 Å². The highest BCUT2D eigenvalue weighted by Crippen LogP contribution is 2.27. The first-order valence-electron chi connectivity index (χ1n) is 4.41. The monoisotopic (exact) mass is 294 g/mol. The Morgan fingerprint density at radius 1 is 1.07 bits per heavy atom. The summed E-state index contributed by atoms with van der Waals surface area (Å²) >= 11 is 0. The minimum Gasteiger partial charge on any atom is -0.425 e. The van der Waals surface area contributed by atoms with Gasteiger partial charge in [-0.15, -0.1) is 0 Å². The summed E-state index contributed by atoms with van der Waals surface area (Å²) in [5.74, 6) is 0. The van der Waals surface area contributed by atoms with Crippen molar-refractivity contribution >= 4 is 38.6 Å². The highest BCUT2D eigenvalue weighted by Gasteiger charge is 2.38. The van der Waals surface area contributed by atoms with Crippen LogP contribution in [0.1, 0.15) is 6.42 Å². The summed E-state index contributed by atoms with van der Waals surface area (Å²) in [6, 6.07) is -0.0647. The summed E-state index contributed by atoms with van der Waals surface area (Å²) in [5, 5.41) is 0. The lowest BCUT2D eigenvalue weighted by atomic mass is 10.5. The fraction of sp³-hybridized carbons (Fsp3) is 1.00. The molecular formula is C4H13F3O4Si4. The van der Waals surface area contributed by atoms with Crippen LogP contribution in [-0.2, 0) is 16.5 Å². The van der Waals surface area contributed by atoms with Gasteiger partial charge in [0.1, 0.15) is 0 Å². The van der Waals surface area contributed by atoms with E-state index in [0.29, 0.717) is 0 Å². The molecule has 0 aliphatic carbocycles. The molecule has 90 valence electrons. The van der Waals surface area contributed by atoms with E-state index >= 15 is 0 Å². The first-order valence-corrected chi connectivity index (χ1v) is 10.4. The summed E-state index contributed by atoms with van der Waals surface area (Å²) in [4.78, 5) is 0. The molecule has 1 aliphatic rings. The molecule has 0 radical (unpaired) electrons. The van der Waals surface area contributed by atoms with Crippen LogP contribution in [0.5, 0.6) is 0 Å². The SMILES string of the molecule is C[Si]1(CCC(F)(F)F)O[SiH2]O[SiH2]O[SiH2]O1. The number of hydrogen-bond acceptors (Lipinski definition) is 4. The molecule has 15 heavy (non-hydrogen) atoms. The van der Waals surface area contributed by atoms with E-state index in [2.05, 4.69) is 0 Å². The van der Waals surface area contributed by atoms with Crippen molar-refractivity contribution in [2.75, 3.05) is 0 Å². The van der Waals surface area contributed by atoms with Crippen molar-refractivity contribution in [2.24, 2.45) is 0 Å². The van der Waals surface area contributed by atoms with Gasteiger partial charge in [0.15, 0.2) is 0 Å². The smallest absolute Gasteiger partial charge is 0.389 e. The van der Waals surface area contributed by atoms with E-state index in [0.717, 1.165) is 0 Å². The molecule has 0 bridgehead atoms. The van der Waals surface area contributed by atoms with Crippen LogP contribution < -0.4 is 0 Å². The lowest BCUT2D eigenvalue weighted by molar-refractivity contribution is -0.131. The van der Waals surface area contributed by atoms with Crippen molar-refractivity contribution in [3.63, 3.8) is 0 Å². The van der Waals surface area contributed by atoms with E-state index < -0.39 is 51.2 Å². The van der Waals surface area contributed by atoms with E-state index in [1.165, 1.54) is 0 Å². The molecule has 0 aromatic carbocycles. The average molecular weight is 294 g/mol. The zero-order chi connectivity index (χ0) is 11.4.